The van der Waals surface area contributed by atoms with E-state index in [4.69, 9.17) is 15.3 Å². The predicted octanol–water partition coefficient (Wildman–Crippen LogP) is 4.62. The van der Waals surface area contributed by atoms with Gasteiger partial charge in [-0.15, -0.1) is 0 Å². The van der Waals surface area contributed by atoms with Crippen molar-refractivity contribution in [1.82, 2.24) is 29.9 Å². The van der Waals surface area contributed by atoms with Crippen LogP contribution in [0.1, 0.15) is 86.4 Å². The molecule has 0 radical (unpaired) electrons. The molecule has 4 aromatic rings. The fourth-order valence-electron chi connectivity index (χ4n) is 2.98. The fourth-order valence-corrected chi connectivity index (χ4v) is 2.98. The minimum Gasteiger partial charge on any atom is -0.478 e. The van der Waals surface area contributed by atoms with Gasteiger partial charge in [-0.1, -0.05) is 20.8 Å². The summed E-state index contributed by atoms with van der Waals surface area (Å²) >= 11 is 0. The van der Waals surface area contributed by atoms with Gasteiger partial charge < -0.3 is 30.3 Å². The number of benzene rings is 1. The molecule has 1 aromatic carbocycles. The summed E-state index contributed by atoms with van der Waals surface area (Å²) in [6.45, 7) is 12.3. The second kappa shape index (κ2) is 16.2. The van der Waals surface area contributed by atoms with E-state index in [1.807, 2.05) is 39.4 Å². The van der Waals surface area contributed by atoms with Gasteiger partial charge in [0.2, 0.25) is 0 Å². The van der Waals surface area contributed by atoms with Crippen molar-refractivity contribution in [2.24, 2.45) is 0 Å². The molecule has 0 fully saturated rings. The molecule has 0 bridgehead atoms. The molecule has 39 heavy (non-hydrogen) atoms. The highest BCUT2D eigenvalue weighted by atomic mass is 16.4. The molecule has 12 nitrogen and oxygen atoms in total. The van der Waals surface area contributed by atoms with Crippen molar-refractivity contribution < 1.29 is 29.7 Å². The summed E-state index contributed by atoms with van der Waals surface area (Å²) in [5.41, 5.74) is 2.18. The van der Waals surface area contributed by atoms with Crippen molar-refractivity contribution in [3.05, 3.63) is 88.0 Å². The third-order valence-corrected chi connectivity index (χ3v) is 5.00. The zero-order valence-corrected chi connectivity index (χ0v) is 23.0. The Kier molecular flexibility index (Phi) is 13.4. The van der Waals surface area contributed by atoms with E-state index in [-0.39, 0.29) is 5.56 Å². The zero-order chi connectivity index (χ0) is 29.5. The van der Waals surface area contributed by atoms with Crippen LogP contribution in [0, 0.1) is 20.8 Å². The molecule has 210 valence electrons. The molecule has 12 heteroatoms. The fraction of sp³-hybridized carbons (Fsp3) is 0.333. The second-order valence-electron chi connectivity index (χ2n) is 8.28. The molecule has 4 rings (SSSR count). The minimum atomic E-state index is -1.48. The average Bonchev–Trinajstić information content (AvgIpc) is 3.65. The maximum Gasteiger partial charge on any atom is 0.336 e. The van der Waals surface area contributed by atoms with Crippen molar-refractivity contribution in [3.63, 3.8) is 0 Å². The van der Waals surface area contributed by atoms with Crippen molar-refractivity contribution in [3.8, 4) is 0 Å². The molecular weight excluding hydrogens is 504 g/mol. The van der Waals surface area contributed by atoms with Gasteiger partial charge in [0.25, 0.3) is 0 Å². The predicted molar refractivity (Wildman–Crippen MR) is 145 cm³/mol. The van der Waals surface area contributed by atoms with E-state index in [9.17, 15) is 14.4 Å². The van der Waals surface area contributed by atoms with Crippen LogP contribution in [-0.4, -0.2) is 63.1 Å². The first kappa shape index (κ1) is 32.3. The van der Waals surface area contributed by atoms with Crippen LogP contribution >= 0.6 is 0 Å². The lowest BCUT2D eigenvalue weighted by molar-refractivity contribution is 0.0649. The third-order valence-electron chi connectivity index (χ3n) is 5.00. The Labute approximate surface area is 226 Å². The second-order valence-corrected chi connectivity index (χ2v) is 8.28. The number of nitrogens with one attached hydrogen (secondary N) is 3. The van der Waals surface area contributed by atoms with Crippen molar-refractivity contribution in [1.29, 1.82) is 0 Å². The molecule has 0 aliphatic carbocycles. The molecule has 0 aliphatic rings. The van der Waals surface area contributed by atoms with Crippen molar-refractivity contribution in [2.75, 3.05) is 0 Å². The van der Waals surface area contributed by atoms with Crippen molar-refractivity contribution in [2.45, 2.75) is 60.8 Å². The standard InChI is InChI=1S/C9H6O6.3C6H10N2/c10-7(11)4-1-2-5(8(12)13)6(3-4)9(14)15;3*1-3-6-7-4-5(2)8-6/h1-3H,(H,10,11)(H,12,13)(H,14,15);3*4H,3H2,1-2H3,(H,7,8). The van der Waals surface area contributed by atoms with Gasteiger partial charge in [0.15, 0.2) is 0 Å². The Morgan fingerprint density at radius 3 is 1.18 bits per heavy atom. The number of aromatic amines is 3. The van der Waals surface area contributed by atoms with E-state index in [0.29, 0.717) is 0 Å². The molecule has 0 atom stereocenters. The Hall–Kier alpha value is -4.74. The number of hydrogen-bond acceptors (Lipinski definition) is 6. The molecule has 0 saturated heterocycles. The summed E-state index contributed by atoms with van der Waals surface area (Å²) in [4.78, 5) is 53.3. The molecule has 0 saturated carbocycles. The minimum absolute atomic E-state index is 0.266. The number of aromatic nitrogens is 6. The van der Waals surface area contributed by atoms with Crippen LogP contribution in [0.5, 0.6) is 0 Å². The van der Waals surface area contributed by atoms with Gasteiger partial charge in [-0.2, -0.15) is 0 Å². The number of aromatic carboxylic acids is 3. The highest BCUT2D eigenvalue weighted by Gasteiger charge is 2.17. The Morgan fingerprint density at radius 2 is 0.974 bits per heavy atom. The van der Waals surface area contributed by atoms with E-state index in [2.05, 4.69) is 50.7 Å². The summed E-state index contributed by atoms with van der Waals surface area (Å²) in [6, 6.07) is 2.81. The normalized spacial score (nSPS) is 9.69. The highest BCUT2D eigenvalue weighted by molar-refractivity contribution is 6.03. The number of carboxylic acid groups (broad SMARTS) is 3. The molecule has 0 unspecified atom stereocenters. The number of carboxylic acids is 3. The lowest BCUT2D eigenvalue weighted by atomic mass is 10.0. The van der Waals surface area contributed by atoms with Gasteiger partial charge in [0.05, 0.1) is 16.7 Å². The molecule has 6 N–H and O–H groups in total. The first-order valence-electron chi connectivity index (χ1n) is 12.3. The molecule has 3 aromatic heterocycles. The first-order chi connectivity index (χ1) is 18.4. The van der Waals surface area contributed by atoms with Gasteiger partial charge >= 0.3 is 17.9 Å². The monoisotopic (exact) mass is 540 g/mol. The van der Waals surface area contributed by atoms with Crippen LogP contribution in [-0.2, 0) is 19.3 Å². The van der Waals surface area contributed by atoms with Gasteiger partial charge in [-0.05, 0) is 39.0 Å². The summed E-state index contributed by atoms with van der Waals surface area (Å²) in [5.74, 6) is -0.984. The van der Waals surface area contributed by atoms with Crippen LogP contribution < -0.4 is 0 Å². The first-order valence-corrected chi connectivity index (χ1v) is 12.3. The highest BCUT2D eigenvalue weighted by Crippen LogP contribution is 2.12. The van der Waals surface area contributed by atoms with Crippen LogP contribution in [0.25, 0.3) is 0 Å². The SMILES string of the molecule is CCc1ncc(C)[nH]1.CCc1ncc(C)[nH]1.CCc1ncc(C)[nH]1.O=C(O)c1ccc(C(=O)O)c(C(=O)O)c1. The number of nitrogens with zero attached hydrogens (tertiary/aromatic N) is 3. The van der Waals surface area contributed by atoms with Gasteiger partial charge in [0, 0.05) is 54.9 Å². The van der Waals surface area contributed by atoms with Crippen molar-refractivity contribution >= 4 is 17.9 Å². The van der Waals surface area contributed by atoms with Gasteiger partial charge in [-0.3, -0.25) is 0 Å². The number of hydrogen-bond donors (Lipinski definition) is 6. The van der Waals surface area contributed by atoms with Crippen LogP contribution in [0.15, 0.2) is 36.8 Å². The maximum absolute atomic E-state index is 10.6. The van der Waals surface area contributed by atoms with E-state index < -0.39 is 29.0 Å². The quantitative estimate of drug-likeness (QED) is 0.202. The largest absolute Gasteiger partial charge is 0.478 e. The Morgan fingerprint density at radius 1 is 0.615 bits per heavy atom. The number of H-pyrrole nitrogens is 3. The zero-order valence-electron chi connectivity index (χ0n) is 23.0. The molecule has 0 amide bonds. The molecule has 3 heterocycles. The average molecular weight is 541 g/mol. The maximum atomic E-state index is 10.6. The molecule has 0 spiro atoms. The smallest absolute Gasteiger partial charge is 0.336 e. The summed E-state index contributed by atoms with van der Waals surface area (Å²) in [6.07, 6.45) is 8.52. The van der Waals surface area contributed by atoms with E-state index in [0.717, 1.165) is 72.0 Å². The number of aryl methyl sites for hydroxylation is 6. The van der Waals surface area contributed by atoms with E-state index >= 15 is 0 Å². The van der Waals surface area contributed by atoms with Gasteiger partial charge in [-0.25, -0.2) is 29.3 Å². The summed E-state index contributed by atoms with van der Waals surface area (Å²) in [7, 11) is 0. The number of carbonyl (C=O) groups is 3. The van der Waals surface area contributed by atoms with E-state index in [1.165, 1.54) is 0 Å². The summed E-state index contributed by atoms with van der Waals surface area (Å²) < 4.78 is 0. The topological polar surface area (TPSA) is 198 Å². The third kappa shape index (κ3) is 11.5. The lowest BCUT2D eigenvalue weighted by Crippen LogP contribution is -2.10. The Balaban J connectivity index is 0.000000273. The van der Waals surface area contributed by atoms with Crippen LogP contribution in [0.3, 0.4) is 0 Å². The van der Waals surface area contributed by atoms with Crippen LogP contribution in [0.2, 0.25) is 0 Å². The van der Waals surface area contributed by atoms with Gasteiger partial charge in [0.1, 0.15) is 17.5 Å². The summed E-state index contributed by atoms with van der Waals surface area (Å²) in [5, 5.41) is 25.9. The Bertz CT molecular complexity index is 1260. The number of rotatable bonds is 6. The number of imidazole rings is 3. The van der Waals surface area contributed by atoms with E-state index in [1.54, 1.807) is 0 Å². The van der Waals surface area contributed by atoms with Crippen LogP contribution in [0.4, 0.5) is 0 Å². The molecular formula is C27H36N6O6. The molecule has 0 aliphatic heterocycles. The lowest BCUT2D eigenvalue weighted by Gasteiger charge is -2.02.